The van der Waals surface area contributed by atoms with E-state index in [1.54, 1.807) is 0 Å². The van der Waals surface area contributed by atoms with Crippen LogP contribution in [-0.2, 0) is 20.9 Å². The predicted molar refractivity (Wildman–Crippen MR) is 65.6 cm³/mol. The molecule has 2 bridgehead atoms. The predicted octanol–water partition coefficient (Wildman–Crippen LogP) is 2.35. The van der Waals surface area contributed by atoms with Crippen molar-refractivity contribution in [3.05, 3.63) is 35.9 Å². The number of benzene rings is 1. The van der Waals surface area contributed by atoms with Crippen molar-refractivity contribution in [2.24, 2.45) is 17.8 Å². The molecule has 0 heterocycles. The topological polar surface area (TPSA) is 43.4 Å². The van der Waals surface area contributed by atoms with Crippen molar-refractivity contribution < 1.29 is 14.3 Å². The highest BCUT2D eigenvalue weighted by atomic mass is 16.5. The summed E-state index contributed by atoms with van der Waals surface area (Å²) < 4.78 is 5.32. The minimum atomic E-state index is -0.195. The van der Waals surface area contributed by atoms with Gasteiger partial charge in [0.1, 0.15) is 12.4 Å². The highest BCUT2D eigenvalue weighted by molar-refractivity contribution is 5.90. The molecule has 1 aromatic rings. The Hall–Kier alpha value is -1.64. The Labute approximate surface area is 106 Å². The molecule has 2 aliphatic carbocycles. The minimum absolute atomic E-state index is 0.0572. The van der Waals surface area contributed by atoms with Crippen molar-refractivity contribution >= 4 is 11.8 Å². The van der Waals surface area contributed by atoms with Gasteiger partial charge < -0.3 is 4.74 Å². The van der Waals surface area contributed by atoms with Crippen LogP contribution in [0.1, 0.15) is 24.8 Å². The molecule has 3 heteroatoms. The third kappa shape index (κ3) is 2.05. The van der Waals surface area contributed by atoms with Gasteiger partial charge >= 0.3 is 5.97 Å². The lowest BCUT2D eigenvalue weighted by atomic mass is 9.88. The van der Waals surface area contributed by atoms with Crippen molar-refractivity contribution in [2.45, 2.75) is 25.9 Å². The molecule has 0 amide bonds. The van der Waals surface area contributed by atoms with E-state index < -0.39 is 0 Å². The fourth-order valence-electron chi connectivity index (χ4n) is 3.20. The maximum atomic E-state index is 12.0. The summed E-state index contributed by atoms with van der Waals surface area (Å²) in [6.07, 6.45) is 2.40. The summed E-state index contributed by atoms with van der Waals surface area (Å²) in [6.45, 7) is 0.307. The molecule has 0 radical (unpaired) electrons. The monoisotopic (exact) mass is 244 g/mol. The molecule has 3 unspecified atom stereocenters. The van der Waals surface area contributed by atoms with E-state index in [9.17, 15) is 9.59 Å². The Morgan fingerprint density at radius 2 is 2.00 bits per heavy atom. The second-order valence-corrected chi connectivity index (χ2v) is 5.31. The normalized spacial score (nSPS) is 29.6. The Bertz CT molecular complexity index is 466. The van der Waals surface area contributed by atoms with Crippen LogP contribution in [0.5, 0.6) is 0 Å². The molecule has 0 N–H and O–H groups in total. The smallest absolute Gasteiger partial charge is 0.310 e. The summed E-state index contributed by atoms with van der Waals surface area (Å²) in [5.41, 5.74) is 0.986. The molecule has 2 fully saturated rings. The van der Waals surface area contributed by atoms with Gasteiger partial charge in [-0.1, -0.05) is 30.3 Å². The van der Waals surface area contributed by atoms with Crippen LogP contribution in [-0.4, -0.2) is 11.8 Å². The average Bonchev–Trinajstić information content (AvgIpc) is 2.96. The summed E-state index contributed by atoms with van der Waals surface area (Å²) in [6, 6.07) is 9.63. The summed E-state index contributed by atoms with van der Waals surface area (Å²) in [5, 5.41) is 0. The van der Waals surface area contributed by atoms with Gasteiger partial charge in [-0.2, -0.15) is 0 Å². The number of rotatable bonds is 3. The van der Waals surface area contributed by atoms with Gasteiger partial charge in [-0.15, -0.1) is 0 Å². The highest BCUT2D eigenvalue weighted by Gasteiger charge is 2.49. The van der Waals surface area contributed by atoms with Crippen LogP contribution >= 0.6 is 0 Å². The van der Waals surface area contributed by atoms with Gasteiger partial charge in [0.15, 0.2) is 0 Å². The molecular formula is C15H16O3. The quantitative estimate of drug-likeness (QED) is 0.766. The molecule has 1 aromatic carbocycles. The van der Waals surface area contributed by atoms with Crippen molar-refractivity contribution in [2.75, 3.05) is 0 Å². The lowest BCUT2D eigenvalue weighted by Gasteiger charge is -2.19. The first-order chi connectivity index (χ1) is 8.74. The minimum Gasteiger partial charge on any atom is -0.461 e. The first kappa shape index (κ1) is 11.5. The standard InChI is InChI=1S/C15H16O3/c16-14-8-11-6-12(14)13(7-11)15(17)18-9-10-4-2-1-3-5-10/h1-5,11-13H,6-9H2. The molecule has 0 aliphatic heterocycles. The molecule has 18 heavy (non-hydrogen) atoms. The van der Waals surface area contributed by atoms with Crippen LogP contribution in [0.2, 0.25) is 0 Å². The SMILES string of the molecule is O=C1CC2CC1C(C(=O)OCc1ccccc1)C2. The number of ketones is 1. The molecular weight excluding hydrogens is 228 g/mol. The summed E-state index contributed by atoms with van der Waals surface area (Å²) in [7, 11) is 0. The summed E-state index contributed by atoms with van der Waals surface area (Å²) in [5.74, 6) is 0.252. The Morgan fingerprint density at radius 3 is 2.67 bits per heavy atom. The van der Waals surface area contributed by atoms with Gasteiger partial charge in [-0.25, -0.2) is 0 Å². The van der Waals surface area contributed by atoms with Crippen LogP contribution in [0.3, 0.4) is 0 Å². The van der Waals surface area contributed by atoms with Crippen LogP contribution in [0.25, 0.3) is 0 Å². The van der Waals surface area contributed by atoms with E-state index in [1.807, 2.05) is 30.3 Å². The number of esters is 1. The molecule has 3 rings (SSSR count). The van der Waals surface area contributed by atoms with Gasteiger partial charge in [0.25, 0.3) is 0 Å². The van der Waals surface area contributed by atoms with E-state index in [1.165, 1.54) is 0 Å². The number of fused-ring (bicyclic) bond motifs is 2. The van der Waals surface area contributed by atoms with Crippen LogP contribution in [0.4, 0.5) is 0 Å². The highest BCUT2D eigenvalue weighted by Crippen LogP contribution is 2.46. The molecule has 94 valence electrons. The van der Waals surface area contributed by atoms with Gasteiger partial charge in [0.2, 0.25) is 0 Å². The molecule has 2 aliphatic rings. The lowest BCUT2D eigenvalue weighted by molar-refractivity contribution is -0.153. The average molecular weight is 244 g/mol. The van der Waals surface area contributed by atoms with E-state index in [0.717, 1.165) is 18.4 Å². The lowest BCUT2D eigenvalue weighted by Crippen LogP contribution is -2.28. The van der Waals surface area contributed by atoms with Crippen LogP contribution < -0.4 is 0 Å². The van der Waals surface area contributed by atoms with Crippen molar-refractivity contribution in [1.82, 2.24) is 0 Å². The van der Waals surface area contributed by atoms with Crippen molar-refractivity contribution in [1.29, 1.82) is 0 Å². The van der Waals surface area contributed by atoms with E-state index in [4.69, 9.17) is 4.74 Å². The number of carbonyl (C=O) groups excluding carboxylic acids is 2. The third-order valence-electron chi connectivity index (χ3n) is 4.09. The molecule has 2 saturated carbocycles. The Balaban J connectivity index is 1.58. The zero-order chi connectivity index (χ0) is 12.5. The second kappa shape index (κ2) is 4.56. The maximum absolute atomic E-state index is 12.0. The number of hydrogen-bond acceptors (Lipinski definition) is 3. The summed E-state index contributed by atoms with van der Waals surface area (Å²) >= 11 is 0. The molecule has 0 aromatic heterocycles. The van der Waals surface area contributed by atoms with Crippen molar-refractivity contribution in [3.8, 4) is 0 Å². The van der Waals surface area contributed by atoms with E-state index in [0.29, 0.717) is 18.9 Å². The third-order valence-corrected chi connectivity index (χ3v) is 4.09. The fraction of sp³-hybridized carbons (Fsp3) is 0.467. The van der Waals surface area contributed by atoms with E-state index in [2.05, 4.69) is 0 Å². The molecule has 3 nitrogen and oxygen atoms in total. The Morgan fingerprint density at radius 1 is 1.22 bits per heavy atom. The number of carbonyl (C=O) groups is 2. The van der Waals surface area contributed by atoms with Crippen molar-refractivity contribution in [3.63, 3.8) is 0 Å². The first-order valence-electron chi connectivity index (χ1n) is 6.47. The second-order valence-electron chi connectivity index (χ2n) is 5.31. The molecule has 3 atom stereocenters. The molecule has 0 saturated heterocycles. The Kier molecular flexibility index (Phi) is 2.90. The van der Waals surface area contributed by atoms with E-state index in [-0.39, 0.29) is 23.6 Å². The van der Waals surface area contributed by atoms with Gasteiger partial charge in [-0.3, -0.25) is 9.59 Å². The number of hydrogen-bond donors (Lipinski definition) is 0. The number of ether oxygens (including phenoxy) is 1. The summed E-state index contributed by atoms with van der Waals surface area (Å²) in [4.78, 5) is 23.6. The fourth-order valence-corrected chi connectivity index (χ4v) is 3.20. The van der Waals surface area contributed by atoms with Gasteiger partial charge in [0, 0.05) is 12.3 Å². The first-order valence-corrected chi connectivity index (χ1v) is 6.47. The maximum Gasteiger partial charge on any atom is 0.310 e. The van der Waals surface area contributed by atoms with E-state index >= 15 is 0 Å². The zero-order valence-corrected chi connectivity index (χ0v) is 10.2. The van der Waals surface area contributed by atoms with Gasteiger partial charge in [0.05, 0.1) is 5.92 Å². The van der Waals surface area contributed by atoms with Crippen LogP contribution in [0.15, 0.2) is 30.3 Å². The number of Topliss-reactive ketones (excluding diaryl/α,β-unsaturated/α-hetero) is 1. The van der Waals surface area contributed by atoms with Gasteiger partial charge in [-0.05, 0) is 24.3 Å². The van der Waals surface area contributed by atoms with Crippen LogP contribution in [0, 0.1) is 17.8 Å². The zero-order valence-electron chi connectivity index (χ0n) is 10.2. The largest absolute Gasteiger partial charge is 0.461 e. The molecule has 0 spiro atoms.